The number of halogens is 1. The van der Waals surface area contributed by atoms with E-state index in [1.807, 2.05) is 0 Å². The van der Waals surface area contributed by atoms with Crippen molar-refractivity contribution in [2.45, 2.75) is 4.90 Å². The Balaban J connectivity index is 1.99. The first kappa shape index (κ1) is 14.7. The Morgan fingerprint density at radius 2 is 1.59 bits per heavy atom. The van der Waals surface area contributed by atoms with Crippen LogP contribution in [0.5, 0.6) is 0 Å². The SMILES string of the molecule is NS(=O)(=O)c1cccc(-c2nnc(-c3ccc(Cl)cc3)o2)c1. The molecule has 0 saturated carbocycles. The zero-order valence-electron chi connectivity index (χ0n) is 11.1. The Kier molecular flexibility index (Phi) is 3.69. The molecule has 0 bridgehead atoms. The summed E-state index contributed by atoms with van der Waals surface area (Å²) in [4.78, 5) is -0.0174. The van der Waals surface area contributed by atoms with E-state index in [1.54, 1.807) is 36.4 Å². The first-order valence-electron chi connectivity index (χ1n) is 6.16. The molecule has 3 rings (SSSR count). The van der Waals surface area contributed by atoms with Gasteiger partial charge in [-0.3, -0.25) is 0 Å². The van der Waals surface area contributed by atoms with E-state index in [1.165, 1.54) is 12.1 Å². The van der Waals surface area contributed by atoms with Crippen LogP contribution in [-0.4, -0.2) is 18.6 Å². The first-order chi connectivity index (χ1) is 10.4. The molecule has 112 valence electrons. The number of nitrogens with zero attached hydrogens (tertiary/aromatic N) is 2. The molecule has 0 fully saturated rings. The Bertz CT molecular complexity index is 921. The molecular weight excluding hydrogens is 326 g/mol. The van der Waals surface area contributed by atoms with Gasteiger partial charge >= 0.3 is 0 Å². The molecule has 22 heavy (non-hydrogen) atoms. The second-order valence-corrected chi connectivity index (χ2v) is 6.49. The van der Waals surface area contributed by atoms with Gasteiger partial charge in [0.1, 0.15) is 0 Å². The number of primary sulfonamides is 1. The van der Waals surface area contributed by atoms with Gasteiger partial charge in [-0.25, -0.2) is 13.6 Å². The smallest absolute Gasteiger partial charge is 0.248 e. The molecule has 2 N–H and O–H groups in total. The van der Waals surface area contributed by atoms with Crippen LogP contribution in [0.3, 0.4) is 0 Å². The number of hydrogen-bond acceptors (Lipinski definition) is 5. The molecule has 1 heterocycles. The van der Waals surface area contributed by atoms with Gasteiger partial charge in [-0.2, -0.15) is 0 Å². The molecule has 0 unspecified atom stereocenters. The van der Waals surface area contributed by atoms with Crippen molar-refractivity contribution in [3.05, 3.63) is 53.6 Å². The average molecular weight is 336 g/mol. The minimum absolute atomic E-state index is 0.0174. The zero-order chi connectivity index (χ0) is 15.7. The van der Waals surface area contributed by atoms with Gasteiger partial charge in [0.2, 0.25) is 21.8 Å². The monoisotopic (exact) mass is 335 g/mol. The van der Waals surface area contributed by atoms with Crippen LogP contribution in [0.1, 0.15) is 0 Å². The normalized spacial score (nSPS) is 11.5. The molecule has 0 aliphatic rings. The number of benzene rings is 2. The number of sulfonamides is 1. The van der Waals surface area contributed by atoms with Crippen LogP contribution in [0.2, 0.25) is 5.02 Å². The van der Waals surface area contributed by atoms with Gasteiger partial charge in [0.25, 0.3) is 0 Å². The van der Waals surface area contributed by atoms with E-state index >= 15 is 0 Å². The lowest BCUT2D eigenvalue weighted by atomic mass is 10.2. The molecule has 0 atom stereocenters. The third-order valence-corrected chi connectivity index (χ3v) is 4.09. The minimum atomic E-state index is -3.79. The van der Waals surface area contributed by atoms with Gasteiger partial charge < -0.3 is 4.42 Å². The molecule has 0 aliphatic heterocycles. The maximum absolute atomic E-state index is 11.4. The summed E-state index contributed by atoms with van der Waals surface area (Å²) in [5, 5.41) is 13.6. The van der Waals surface area contributed by atoms with Crippen molar-refractivity contribution in [1.29, 1.82) is 0 Å². The van der Waals surface area contributed by atoms with Crippen molar-refractivity contribution in [1.82, 2.24) is 10.2 Å². The third kappa shape index (κ3) is 3.01. The fourth-order valence-electron chi connectivity index (χ4n) is 1.86. The van der Waals surface area contributed by atoms with Crippen LogP contribution < -0.4 is 5.14 Å². The number of nitrogens with two attached hydrogens (primary N) is 1. The lowest BCUT2D eigenvalue weighted by Gasteiger charge is -1.99. The number of hydrogen-bond donors (Lipinski definition) is 1. The number of aromatic nitrogens is 2. The van der Waals surface area contributed by atoms with E-state index < -0.39 is 10.0 Å². The summed E-state index contributed by atoms with van der Waals surface area (Å²) < 4.78 is 28.3. The maximum atomic E-state index is 11.4. The van der Waals surface area contributed by atoms with Crippen LogP contribution in [0, 0.1) is 0 Å². The van der Waals surface area contributed by atoms with Gasteiger partial charge in [-0.05, 0) is 42.5 Å². The molecule has 3 aromatic rings. The summed E-state index contributed by atoms with van der Waals surface area (Å²) in [5.41, 5.74) is 1.19. The van der Waals surface area contributed by atoms with Crippen LogP contribution in [0.15, 0.2) is 57.8 Å². The van der Waals surface area contributed by atoms with Crippen LogP contribution >= 0.6 is 11.6 Å². The highest BCUT2D eigenvalue weighted by molar-refractivity contribution is 7.89. The molecule has 0 aliphatic carbocycles. The Morgan fingerprint density at radius 3 is 2.23 bits per heavy atom. The quantitative estimate of drug-likeness (QED) is 0.793. The third-order valence-electron chi connectivity index (χ3n) is 2.93. The highest BCUT2D eigenvalue weighted by atomic mass is 35.5. The zero-order valence-corrected chi connectivity index (χ0v) is 12.7. The second-order valence-electron chi connectivity index (χ2n) is 4.49. The van der Waals surface area contributed by atoms with Gasteiger partial charge in [0.15, 0.2) is 0 Å². The van der Waals surface area contributed by atoms with Crippen molar-refractivity contribution in [3.63, 3.8) is 0 Å². The van der Waals surface area contributed by atoms with Crippen molar-refractivity contribution >= 4 is 21.6 Å². The summed E-state index contributed by atoms with van der Waals surface area (Å²) >= 11 is 5.82. The number of rotatable bonds is 3. The molecular formula is C14H10ClN3O3S. The molecule has 0 saturated heterocycles. The van der Waals surface area contributed by atoms with Gasteiger partial charge in [0.05, 0.1) is 4.90 Å². The summed E-state index contributed by atoms with van der Waals surface area (Å²) in [6.07, 6.45) is 0. The fourth-order valence-corrected chi connectivity index (χ4v) is 2.54. The molecule has 0 amide bonds. The molecule has 8 heteroatoms. The molecule has 1 aromatic heterocycles. The molecule has 0 radical (unpaired) electrons. The van der Waals surface area contributed by atoms with Gasteiger partial charge in [0, 0.05) is 16.1 Å². The van der Waals surface area contributed by atoms with E-state index in [0.29, 0.717) is 22.0 Å². The predicted octanol–water partition coefficient (Wildman–Crippen LogP) is 2.70. The van der Waals surface area contributed by atoms with Gasteiger partial charge in [-0.1, -0.05) is 17.7 Å². The van der Waals surface area contributed by atoms with Crippen LogP contribution in [0.25, 0.3) is 22.9 Å². The Morgan fingerprint density at radius 1 is 0.955 bits per heavy atom. The van der Waals surface area contributed by atoms with Crippen LogP contribution in [-0.2, 0) is 10.0 Å². The molecule has 6 nitrogen and oxygen atoms in total. The fraction of sp³-hybridized carbons (Fsp3) is 0. The first-order valence-corrected chi connectivity index (χ1v) is 8.08. The molecule has 2 aromatic carbocycles. The summed E-state index contributed by atoms with van der Waals surface area (Å²) in [5.74, 6) is 0.517. The Labute approximate surface area is 131 Å². The van der Waals surface area contributed by atoms with Gasteiger partial charge in [-0.15, -0.1) is 10.2 Å². The Hall–Kier alpha value is -2.22. The minimum Gasteiger partial charge on any atom is -0.416 e. The van der Waals surface area contributed by atoms with Crippen molar-refractivity contribution in [2.24, 2.45) is 5.14 Å². The van der Waals surface area contributed by atoms with E-state index in [0.717, 1.165) is 0 Å². The standard InChI is InChI=1S/C14H10ClN3O3S/c15-11-6-4-9(5-7-11)13-17-18-14(21-13)10-2-1-3-12(8-10)22(16,19)20/h1-8H,(H2,16,19,20). The van der Waals surface area contributed by atoms with Crippen molar-refractivity contribution in [3.8, 4) is 22.9 Å². The molecule has 0 spiro atoms. The summed E-state index contributed by atoms with van der Waals surface area (Å²) in [6, 6.07) is 12.9. The second kappa shape index (κ2) is 5.53. The topological polar surface area (TPSA) is 99.1 Å². The van der Waals surface area contributed by atoms with Crippen molar-refractivity contribution < 1.29 is 12.8 Å². The van der Waals surface area contributed by atoms with Crippen molar-refractivity contribution in [2.75, 3.05) is 0 Å². The van der Waals surface area contributed by atoms with E-state index in [4.69, 9.17) is 21.2 Å². The van der Waals surface area contributed by atoms with Crippen LogP contribution in [0.4, 0.5) is 0 Å². The maximum Gasteiger partial charge on any atom is 0.248 e. The summed E-state index contributed by atoms with van der Waals surface area (Å²) in [7, 11) is -3.79. The predicted molar refractivity (Wildman–Crippen MR) is 81.6 cm³/mol. The van der Waals surface area contributed by atoms with E-state index in [2.05, 4.69) is 10.2 Å². The summed E-state index contributed by atoms with van der Waals surface area (Å²) in [6.45, 7) is 0. The lowest BCUT2D eigenvalue weighted by molar-refractivity contribution is 0.584. The van der Waals surface area contributed by atoms with E-state index in [9.17, 15) is 8.42 Å². The highest BCUT2D eigenvalue weighted by Crippen LogP contribution is 2.26. The largest absolute Gasteiger partial charge is 0.416 e. The highest BCUT2D eigenvalue weighted by Gasteiger charge is 2.13. The average Bonchev–Trinajstić information content (AvgIpc) is 2.97. The lowest BCUT2D eigenvalue weighted by Crippen LogP contribution is -2.11. The van der Waals surface area contributed by atoms with E-state index in [-0.39, 0.29) is 10.8 Å².